The summed E-state index contributed by atoms with van der Waals surface area (Å²) in [5.41, 5.74) is 2.98. The lowest BCUT2D eigenvalue weighted by molar-refractivity contribution is 0.785. The molecule has 100 valence electrons. The maximum absolute atomic E-state index is 5.93. The van der Waals surface area contributed by atoms with Gasteiger partial charge in [0.1, 0.15) is 0 Å². The van der Waals surface area contributed by atoms with Crippen LogP contribution in [0.3, 0.4) is 0 Å². The van der Waals surface area contributed by atoms with Crippen LogP contribution < -0.4 is 0 Å². The molecule has 3 nitrogen and oxygen atoms in total. The summed E-state index contributed by atoms with van der Waals surface area (Å²) in [6.45, 7) is 4.12. The largest absolute Gasteiger partial charge is 0.321 e. The number of aliphatic imine (C=N–C) groups is 1. The summed E-state index contributed by atoms with van der Waals surface area (Å²) >= 11 is 7.65. The van der Waals surface area contributed by atoms with E-state index < -0.39 is 0 Å². The number of aryl methyl sites for hydroxylation is 1. The van der Waals surface area contributed by atoms with Gasteiger partial charge in [-0.15, -0.1) is 0 Å². The lowest BCUT2D eigenvalue weighted by Gasteiger charge is -2.02. The van der Waals surface area contributed by atoms with E-state index in [1.165, 1.54) is 0 Å². The molecule has 0 aliphatic heterocycles. The Morgan fingerprint density at radius 2 is 2.26 bits per heavy atom. The number of rotatable bonds is 4. The molecule has 0 spiro atoms. The van der Waals surface area contributed by atoms with Gasteiger partial charge in [0.25, 0.3) is 0 Å². The fourth-order valence-electron chi connectivity index (χ4n) is 1.69. The van der Waals surface area contributed by atoms with E-state index in [1.807, 2.05) is 49.1 Å². The third-order valence-electron chi connectivity index (χ3n) is 2.75. The van der Waals surface area contributed by atoms with Crippen molar-refractivity contribution in [3.8, 4) is 0 Å². The van der Waals surface area contributed by atoms with Gasteiger partial charge in [-0.3, -0.25) is 4.99 Å². The molecule has 0 saturated carbocycles. The number of imidazole rings is 1. The van der Waals surface area contributed by atoms with E-state index in [0.29, 0.717) is 0 Å². The van der Waals surface area contributed by atoms with Crippen LogP contribution in [0, 0.1) is 6.92 Å². The molecule has 2 rings (SSSR count). The molecule has 0 aliphatic rings. The Bertz CT molecular complexity index is 605. The lowest BCUT2D eigenvalue weighted by Crippen LogP contribution is -1.96. The number of hydrogen-bond acceptors (Lipinski definition) is 3. The summed E-state index contributed by atoms with van der Waals surface area (Å²) in [4.78, 5) is 8.87. The molecule has 0 saturated heterocycles. The van der Waals surface area contributed by atoms with E-state index in [0.717, 1.165) is 32.9 Å². The molecule has 19 heavy (non-hydrogen) atoms. The Kier molecular flexibility index (Phi) is 4.66. The van der Waals surface area contributed by atoms with E-state index in [-0.39, 0.29) is 0 Å². The highest BCUT2D eigenvalue weighted by Crippen LogP contribution is 2.22. The zero-order valence-electron chi connectivity index (χ0n) is 11.2. The predicted octanol–water partition coefficient (Wildman–Crippen LogP) is 4.24. The molecule has 1 aromatic carbocycles. The molecular formula is C14H16ClN3S. The van der Waals surface area contributed by atoms with Crippen LogP contribution in [-0.4, -0.2) is 21.5 Å². The van der Waals surface area contributed by atoms with Crippen molar-refractivity contribution in [2.24, 2.45) is 12.0 Å². The summed E-state index contributed by atoms with van der Waals surface area (Å²) in [5.74, 6) is 1.01. The van der Waals surface area contributed by atoms with E-state index in [9.17, 15) is 0 Å². The van der Waals surface area contributed by atoms with Gasteiger partial charge >= 0.3 is 0 Å². The molecule has 0 fully saturated rings. The van der Waals surface area contributed by atoms with Crippen LogP contribution in [0.15, 0.2) is 34.5 Å². The van der Waals surface area contributed by atoms with E-state index >= 15 is 0 Å². The summed E-state index contributed by atoms with van der Waals surface area (Å²) in [6.07, 6.45) is 3.68. The van der Waals surface area contributed by atoms with Crippen molar-refractivity contribution in [2.75, 3.05) is 5.75 Å². The summed E-state index contributed by atoms with van der Waals surface area (Å²) in [5, 5.41) is 1.75. The van der Waals surface area contributed by atoms with Crippen molar-refractivity contribution in [1.29, 1.82) is 0 Å². The van der Waals surface area contributed by atoms with Crippen molar-refractivity contribution < 1.29 is 0 Å². The van der Waals surface area contributed by atoms with Gasteiger partial charge in [0.05, 0.1) is 23.8 Å². The molecule has 0 radical (unpaired) electrons. The summed E-state index contributed by atoms with van der Waals surface area (Å²) in [7, 11) is 2.00. The number of aromatic nitrogens is 2. The van der Waals surface area contributed by atoms with E-state index in [4.69, 9.17) is 11.6 Å². The predicted molar refractivity (Wildman–Crippen MR) is 83.0 cm³/mol. The minimum absolute atomic E-state index is 0.735. The Morgan fingerprint density at radius 3 is 2.95 bits per heavy atom. The number of halogens is 1. The van der Waals surface area contributed by atoms with Crippen LogP contribution in [0.1, 0.15) is 18.2 Å². The van der Waals surface area contributed by atoms with Crippen LogP contribution in [0.25, 0.3) is 0 Å². The molecule has 0 amide bonds. The van der Waals surface area contributed by atoms with Gasteiger partial charge in [0.15, 0.2) is 5.16 Å². The van der Waals surface area contributed by atoms with Gasteiger partial charge in [-0.1, -0.05) is 30.3 Å². The molecular weight excluding hydrogens is 278 g/mol. The zero-order chi connectivity index (χ0) is 13.8. The number of thioether (sulfide) groups is 1. The van der Waals surface area contributed by atoms with Crippen LogP contribution in [0.5, 0.6) is 0 Å². The van der Waals surface area contributed by atoms with Crippen LogP contribution in [-0.2, 0) is 7.05 Å². The Labute approximate surface area is 122 Å². The second kappa shape index (κ2) is 6.26. The standard InChI is InChI=1S/C14H16ClN3S/c1-4-19-14-17-9-12(18(14)3)8-16-13-6-5-11(15)7-10(13)2/h5-9H,4H2,1-3H3. The molecule has 0 aliphatic carbocycles. The van der Waals surface area contributed by atoms with Crippen molar-refractivity contribution in [2.45, 2.75) is 19.0 Å². The molecule has 2 aromatic rings. The van der Waals surface area contributed by atoms with Crippen molar-refractivity contribution in [1.82, 2.24) is 9.55 Å². The highest BCUT2D eigenvalue weighted by atomic mass is 35.5. The van der Waals surface area contributed by atoms with Crippen molar-refractivity contribution in [3.63, 3.8) is 0 Å². The second-order valence-electron chi connectivity index (χ2n) is 4.15. The Hall–Kier alpha value is -1.26. The molecule has 1 heterocycles. The highest BCUT2D eigenvalue weighted by molar-refractivity contribution is 7.99. The fraction of sp³-hybridized carbons (Fsp3) is 0.286. The minimum Gasteiger partial charge on any atom is -0.321 e. The molecule has 0 unspecified atom stereocenters. The number of benzene rings is 1. The topological polar surface area (TPSA) is 30.2 Å². The third kappa shape index (κ3) is 3.39. The van der Waals surface area contributed by atoms with Crippen molar-refractivity contribution in [3.05, 3.63) is 40.7 Å². The van der Waals surface area contributed by atoms with E-state index in [2.05, 4.69) is 16.9 Å². The quantitative estimate of drug-likeness (QED) is 0.623. The number of nitrogens with zero attached hydrogens (tertiary/aromatic N) is 3. The molecule has 1 aromatic heterocycles. The van der Waals surface area contributed by atoms with Gasteiger partial charge in [-0.25, -0.2) is 4.98 Å². The Balaban J connectivity index is 2.23. The fourth-order valence-corrected chi connectivity index (χ4v) is 2.60. The van der Waals surface area contributed by atoms with Gasteiger partial charge in [0, 0.05) is 12.1 Å². The molecule has 5 heteroatoms. The molecule has 0 N–H and O–H groups in total. The average Bonchev–Trinajstić information content (AvgIpc) is 2.71. The first-order chi connectivity index (χ1) is 9.11. The summed E-state index contributed by atoms with van der Waals surface area (Å²) in [6, 6.07) is 5.69. The SMILES string of the molecule is CCSc1ncc(C=Nc2ccc(Cl)cc2C)n1C. The maximum Gasteiger partial charge on any atom is 0.168 e. The lowest BCUT2D eigenvalue weighted by atomic mass is 10.2. The van der Waals surface area contributed by atoms with Gasteiger partial charge in [-0.05, 0) is 36.4 Å². The third-order valence-corrected chi connectivity index (χ3v) is 3.91. The van der Waals surface area contributed by atoms with Gasteiger partial charge in [0.2, 0.25) is 0 Å². The Morgan fingerprint density at radius 1 is 1.47 bits per heavy atom. The first-order valence-electron chi connectivity index (χ1n) is 6.06. The molecule has 0 atom stereocenters. The molecule has 0 bridgehead atoms. The van der Waals surface area contributed by atoms with Gasteiger partial charge in [-0.2, -0.15) is 0 Å². The smallest absolute Gasteiger partial charge is 0.168 e. The van der Waals surface area contributed by atoms with Crippen LogP contribution in [0.2, 0.25) is 5.02 Å². The van der Waals surface area contributed by atoms with Crippen LogP contribution >= 0.6 is 23.4 Å². The average molecular weight is 294 g/mol. The maximum atomic E-state index is 5.93. The zero-order valence-corrected chi connectivity index (χ0v) is 12.8. The van der Waals surface area contributed by atoms with Gasteiger partial charge < -0.3 is 4.57 Å². The summed E-state index contributed by atoms with van der Waals surface area (Å²) < 4.78 is 2.04. The van der Waals surface area contributed by atoms with E-state index in [1.54, 1.807) is 11.8 Å². The van der Waals surface area contributed by atoms with Crippen LogP contribution in [0.4, 0.5) is 5.69 Å². The first-order valence-corrected chi connectivity index (χ1v) is 7.43. The van der Waals surface area contributed by atoms with Crippen molar-refractivity contribution >= 4 is 35.3 Å². The first kappa shape index (κ1) is 14.2. The minimum atomic E-state index is 0.735. The monoisotopic (exact) mass is 293 g/mol. The number of hydrogen-bond donors (Lipinski definition) is 0. The normalized spacial score (nSPS) is 11.4. The highest BCUT2D eigenvalue weighted by Gasteiger charge is 2.04. The second-order valence-corrected chi connectivity index (χ2v) is 5.81.